The number of fused-ring (bicyclic) bond motifs is 2. The highest BCUT2D eigenvalue weighted by Crippen LogP contribution is 2.31. The van der Waals surface area contributed by atoms with Gasteiger partial charge in [-0.2, -0.15) is 0 Å². The van der Waals surface area contributed by atoms with Crippen molar-refractivity contribution >= 4 is 5.57 Å². The Hall–Kier alpha value is -1.90. The minimum absolute atomic E-state index is 0.0374. The predicted octanol–water partition coefficient (Wildman–Crippen LogP) is 3.19. The molecular weight excluding hydrogens is 234 g/mol. The van der Waals surface area contributed by atoms with Crippen LogP contribution < -0.4 is 5.48 Å². The Labute approximate surface area is 113 Å². The lowest BCUT2D eigenvalue weighted by atomic mass is 9.84. The summed E-state index contributed by atoms with van der Waals surface area (Å²) in [6, 6.07) is 16.6. The van der Waals surface area contributed by atoms with E-state index in [4.69, 9.17) is 0 Å². The van der Waals surface area contributed by atoms with Crippen LogP contribution >= 0.6 is 0 Å². The Morgan fingerprint density at radius 1 is 0.895 bits per heavy atom. The molecule has 0 aromatic heterocycles. The summed E-state index contributed by atoms with van der Waals surface area (Å²) in [5.41, 5.74) is 8.32. The molecule has 0 radical (unpaired) electrons. The van der Waals surface area contributed by atoms with Gasteiger partial charge in [-0.1, -0.05) is 55.1 Å². The van der Waals surface area contributed by atoms with Crippen molar-refractivity contribution in [2.75, 3.05) is 0 Å². The summed E-state index contributed by atoms with van der Waals surface area (Å²) in [4.78, 5) is 0. The molecule has 96 valence electrons. The van der Waals surface area contributed by atoms with E-state index in [9.17, 15) is 5.21 Å². The van der Waals surface area contributed by atoms with Crippen molar-refractivity contribution in [3.8, 4) is 0 Å². The van der Waals surface area contributed by atoms with E-state index >= 15 is 0 Å². The zero-order valence-electron chi connectivity index (χ0n) is 10.8. The van der Waals surface area contributed by atoms with Crippen LogP contribution in [0, 0.1) is 0 Å². The molecule has 1 aliphatic rings. The van der Waals surface area contributed by atoms with Crippen LogP contribution in [0.25, 0.3) is 5.57 Å². The van der Waals surface area contributed by atoms with E-state index in [1.54, 1.807) is 0 Å². The summed E-state index contributed by atoms with van der Waals surface area (Å²) < 4.78 is 0. The van der Waals surface area contributed by atoms with Crippen LogP contribution in [0.4, 0.5) is 0 Å². The Balaban J connectivity index is 2.17. The number of benzene rings is 2. The van der Waals surface area contributed by atoms with Crippen LogP contribution in [0.15, 0.2) is 55.1 Å². The van der Waals surface area contributed by atoms with Gasteiger partial charge in [0, 0.05) is 6.04 Å². The second-order valence-electron chi connectivity index (χ2n) is 5.03. The molecule has 0 spiro atoms. The number of hydroxylamine groups is 1. The van der Waals surface area contributed by atoms with E-state index in [0.717, 1.165) is 18.4 Å². The minimum atomic E-state index is 0.0374. The van der Waals surface area contributed by atoms with Gasteiger partial charge in [0.1, 0.15) is 0 Å². The number of nitrogens with one attached hydrogen (secondary N) is 1. The van der Waals surface area contributed by atoms with Crippen molar-refractivity contribution in [1.29, 1.82) is 0 Å². The van der Waals surface area contributed by atoms with Crippen molar-refractivity contribution in [2.24, 2.45) is 0 Å². The van der Waals surface area contributed by atoms with E-state index in [-0.39, 0.29) is 6.04 Å². The van der Waals surface area contributed by atoms with Gasteiger partial charge < -0.3 is 5.21 Å². The lowest BCUT2D eigenvalue weighted by Crippen LogP contribution is -2.32. The van der Waals surface area contributed by atoms with Gasteiger partial charge >= 0.3 is 0 Å². The molecule has 2 N–H and O–H groups in total. The second-order valence-corrected chi connectivity index (χ2v) is 5.03. The summed E-state index contributed by atoms with van der Waals surface area (Å²) in [6.45, 7) is 4.27. The van der Waals surface area contributed by atoms with Crippen molar-refractivity contribution in [2.45, 2.75) is 18.9 Å². The highest BCUT2D eigenvalue weighted by molar-refractivity contribution is 5.81. The minimum Gasteiger partial charge on any atom is -0.317 e. The lowest BCUT2D eigenvalue weighted by molar-refractivity contribution is 0.125. The van der Waals surface area contributed by atoms with E-state index in [2.05, 4.69) is 36.3 Å². The third-order valence-electron chi connectivity index (χ3n) is 3.80. The Bertz CT molecular complexity index is 567. The first kappa shape index (κ1) is 12.2. The standard InChI is InChI=1S/C17H17NO/c1-12-16-8-4-2-6-13(16)10-15(18-19)11-14-7-3-5-9-17(12)14/h2-9,15,18-19H,1,10-11H2. The first-order valence-corrected chi connectivity index (χ1v) is 6.54. The molecule has 0 saturated carbocycles. The smallest absolute Gasteiger partial charge is 0.0400 e. The van der Waals surface area contributed by atoms with Crippen LogP contribution in [0.1, 0.15) is 22.3 Å². The highest BCUT2D eigenvalue weighted by Gasteiger charge is 2.20. The van der Waals surface area contributed by atoms with Gasteiger partial charge in [-0.15, -0.1) is 0 Å². The summed E-state index contributed by atoms with van der Waals surface area (Å²) in [5, 5.41) is 9.35. The molecular formula is C17H17NO. The monoisotopic (exact) mass is 251 g/mol. The molecule has 1 aliphatic carbocycles. The van der Waals surface area contributed by atoms with Gasteiger partial charge in [0.15, 0.2) is 0 Å². The molecule has 0 saturated heterocycles. The molecule has 2 nitrogen and oxygen atoms in total. The average Bonchev–Trinajstić information content (AvgIpc) is 2.45. The summed E-state index contributed by atoms with van der Waals surface area (Å²) in [7, 11) is 0. The van der Waals surface area contributed by atoms with E-state index in [0.29, 0.717) is 0 Å². The predicted molar refractivity (Wildman–Crippen MR) is 77.1 cm³/mol. The van der Waals surface area contributed by atoms with Crippen LogP contribution in [0.2, 0.25) is 0 Å². The SMILES string of the molecule is C=C1c2ccccc2CC(NO)Cc2ccccc21. The molecule has 3 rings (SSSR count). The Kier molecular flexibility index (Phi) is 3.20. The maximum Gasteiger partial charge on any atom is 0.0400 e. The molecule has 2 aromatic rings. The molecule has 2 heteroatoms. The molecule has 0 unspecified atom stereocenters. The Morgan fingerprint density at radius 3 is 1.84 bits per heavy atom. The zero-order valence-corrected chi connectivity index (χ0v) is 10.8. The van der Waals surface area contributed by atoms with Crippen molar-refractivity contribution in [1.82, 2.24) is 5.48 Å². The van der Waals surface area contributed by atoms with Gasteiger partial charge in [-0.05, 0) is 40.7 Å². The van der Waals surface area contributed by atoms with Crippen molar-refractivity contribution in [3.63, 3.8) is 0 Å². The third kappa shape index (κ3) is 2.21. The fourth-order valence-corrected chi connectivity index (χ4v) is 2.82. The van der Waals surface area contributed by atoms with Crippen LogP contribution in [0.5, 0.6) is 0 Å². The first-order chi connectivity index (χ1) is 9.29. The van der Waals surface area contributed by atoms with E-state index in [1.165, 1.54) is 22.3 Å². The highest BCUT2D eigenvalue weighted by atomic mass is 16.5. The molecule has 2 aromatic carbocycles. The first-order valence-electron chi connectivity index (χ1n) is 6.54. The zero-order chi connectivity index (χ0) is 13.2. The lowest BCUT2D eigenvalue weighted by Gasteiger charge is -2.24. The van der Waals surface area contributed by atoms with Crippen LogP contribution in [-0.4, -0.2) is 11.2 Å². The third-order valence-corrected chi connectivity index (χ3v) is 3.80. The number of hydrogen-bond donors (Lipinski definition) is 2. The number of hydrogen-bond acceptors (Lipinski definition) is 2. The van der Waals surface area contributed by atoms with E-state index in [1.807, 2.05) is 24.3 Å². The molecule has 0 heterocycles. The van der Waals surface area contributed by atoms with Crippen LogP contribution in [-0.2, 0) is 12.8 Å². The van der Waals surface area contributed by atoms with E-state index < -0.39 is 0 Å². The van der Waals surface area contributed by atoms with Gasteiger partial charge in [0.25, 0.3) is 0 Å². The molecule has 0 aliphatic heterocycles. The van der Waals surface area contributed by atoms with Gasteiger partial charge in [-0.3, -0.25) is 0 Å². The van der Waals surface area contributed by atoms with Crippen molar-refractivity contribution < 1.29 is 5.21 Å². The van der Waals surface area contributed by atoms with Gasteiger partial charge in [-0.25, -0.2) is 5.48 Å². The van der Waals surface area contributed by atoms with Crippen LogP contribution in [0.3, 0.4) is 0 Å². The topological polar surface area (TPSA) is 32.3 Å². The normalized spacial score (nSPS) is 15.3. The molecule has 0 atom stereocenters. The maximum absolute atomic E-state index is 9.35. The van der Waals surface area contributed by atoms with Gasteiger partial charge in [0.2, 0.25) is 0 Å². The fraction of sp³-hybridized carbons (Fsp3) is 0.176. The largest absolute Gasteiger partial charge is 0.317 e. The Morgan fingerprint density at radius 2 is 1.37 bits per heavy atom. The summed E-state index contributed by atoms with van der Waals surface area (Å²) in [5.74, 6) is 0. The molecule has 0 amide bonds. The quantitative estimate of drug-likeness (QED) is 0.763. The second kappa shape index (κ2) is 5.00. The average molecular weight is 251 g/mol. The molecule has 0 fully saturated rings. The van der Waals surface area contributed by atoms with Gasteiger partial charge in [0.05, 0.1) is 0 Å². The molecule has 19 heavy (non-hydrogen) atoms. The fourth-order valence-electron chi connectivity index (χ4n) is 2.82. The van der Waals surface area contributed by atoms with Crippen molar-refractivity contribution in [3.05, 3.63) is 77.4 Å². The summed E-state index contributed by atoms with van der Waals surface area (Å²) >= 11 is 0. The number of rotatable bonds is 1. The maximum atomic E-state index is 9.35. The molecule has 0 bridgehead atoms. The summed E-state index contributed by atoms with van der Waals surface area (Å²) in [6.07, 6.45) is 1.61.